The lowest BCUT2D eigenvalue weighted by Crippen LogP contribution is -2.33. The van der Waals surface area contributed by atoms with Gasteiger partial charge in [-0.3, -0.25) is 4.18 Å². The van der Waals surface area contributed by atoms with Crippen LogP contribution in [0.2, 0.25) is 0 Å². The van der Waals surface area contributed by atoms with Crippen LogP contribution in [0.15, 0.2) is 60.7 Å². The molecule has 0 aromatic heterocycles. The van der Waals surface area contributed by atoms with E-state index in [0.717, 1.165) is 36.8 Å². The van der Waals surface area contributed by atoms with Crippen LogP contribution in [0.25, 0.3) is 0 Å². The normalized spacial score (nSPS) is 17.3. The van der Waals surface area contributed by atoms with Crippen molar-refractivity contribution in [1.82, 2.24) is 0 Å². The molecule has 0 heterocycles. The topological polar surface area (TPSA) is 69.4 Å². The first-order chi connectivity index (χ1) is 12.5. The van der Waals surface area contributed by atoms with Gasteiger partial charge in [-0.2, -0.15) is 8.42 Å². The van der Waals surface area contributed by atoms with Crippen molar-refractivity contribution in [3.8, 4) is 0 Å². The van der Waals surface area contributed by atoms with Crippen molar-refractivity contribution in [3.05, 3.63) is 71.8 Å². The van der Waals surface area contributed by atoms with Gasteiger partial charge in [0.15, 0.2) is 0 Å². The van der Waals surface area contributed by atoms with Crippen LogP contribution in [0.3, 0.4) is 0 Å². The predicted octanol–water partition coefficient (Wildman–Crippen LogP) is 4.38. The molecule has 1 atom stereocenters. The summed E-state index contributed by atoms with van der Waals surface area (Å²) in [5.41, 5.74) is 2.33. The van der Waals surface area contributed by atoms with Crippen LogP contribution in [0.1, 0.15) is 55.6 Å². The highest BCUT2D eigenvalue weighted by Crippen LogP contribution is 2.36. The predicted molar refractivity (Wildman–Crippen MR) is 104 cm³/mol. The summed E-state index contributed by atoms with van der Waals surface area (Å²) in [5.74, 6) is 0.308. The van der Waals surface area contributed by atoms with Gasteiger partial charge in [0.05, 0.1) is 6.10 Å². The van der Waals surface area contributed by atoms with Crippen molar-refractivity contribution in [3.63, 3.8) is 0 Å². The summed E-state index contributed by atoms with van der Waals surface area (Å²) in [6.07, 6.45) is 5.66. The molecule has 0 saturated heterocycles. The third-order valence-electron chi connectivity index (χ3n) is 5.31. The third kappa shape index (κ3) is 5.40. The van der Waals surface area contributed by atoms with E-state index in [1.165, 1.54) is 6.42 Å². The first-order valence-electron chi connectivity index (χ1n) is 9.34. The molecule has 0 amide bonds. The second-order valence-corrected chi connectivity index (χ2v) is 8.31. The monoisotopic (exact) mass is 373 g/mol. The number of rotatable bonds is 7. The molecule has 140 valence electrons. The molecule has 1 aliphatic rings. The van der Waals surface area contributed by atoms with Crippen LogP contribution in [0.4, 0.5) is 0 Å². The van der Waals surface area contributed by atoms with E-state index in [1.54, 1.807) is 0 Å². The smallest absolute Gasteiger partial charge is 0.255 e. The maximum Gasteiger partial charge on any atom is 0.333 e. The summed E-state index contributed by atoms with van der Waals surface area (Å²) in [6.45, 7) is 0. The Morgan fingerprint density at radius 1 is 0.885 bits per heavy atom. The molecule has 2 aromatic rings. The van der Waals surface area contributed by atoms with Crippen molar-refractivity contribution >= 4 is 10.3 Å². The lowest BCUT2D eigenvalue weighted by atomic mass is 9.79. The summed E-state index contributed by atoms with van der Waals surface area (Å²) in [5, 5.41) is 5.25. The molecule has 5 heteroatoms. The molecule has 1 fully saturated rings. The maximum atomic E-state index is 11.7. The van der Waals surface area contributed by atoms with E-state index in [-0.39, 0.29) is 11.8 Å². The van der Waals surface area contributed by atoms with Crippen LogP contribution >= 0.6 is 0 Å². The van der Waals surface area contributed by atoms with Gasteiger partial charge in [-0.25, -0.2) is 5.14 Å². The van der Waals surface area contributed by atoms with Gasteiger partial charge in [0.1, 0.15) is 0 Å². The highest BCUT2D eigenvalue weighted by Gasteiger charge is 2.31. The minimum Gasteiger partial charge on any atom is -0.255 e. The molecule has 4 nitrogen and oxygen atoms in total. The van der Waals surface area contributed by atoms with Gasteiger partial charge in [-0.05, 0) is 36.3 Å². The highest BCUT2D eigenvalue weighted by molar-refractivity contribution is 7.84. The molecule has 0 spiro atoms. The van der Waals surface area contributed by atoms with E-state index in [2.05, 4.69) is 24.3 Å². The minimum atomic E-state index is -3.98. The zero-order valence-corrected chi connectivity index (χ0v) is 15.8. The highest BCUT2D eigenvalue weighted by atomic mass is 32.2. The van der Waals surface area contributed by atoms with Crippen molar-refractivity contribution in [1.29, 1.82) is 0 Å². The van der Waals surface area contributed by atoms with Gasteiger partial charge in [-0.15, -0.1) is 0 Å². The standard InChI is InChI=1S/C21H27NO3S/c22-26(23,24)25-21(19-14-8-3-9-15-19)16-20(17-10-4-1-5-11-17)18-12-6-2-7-13-18/h1-2,4-7,10-13,19-21H,3,8-9,14-16H2,(H2,22,23,24). The second kappa shape index (κ2) is 8.80. The van der Waals surface area contributed by atoms with Gasteiger partial charge in [0.2, 0.25) is 0 Å². The molecule has 3 rings (SSSR count). The van der Waals surface area contributed by atoms with E-state index in [9.17, 15) is 8.42 Å². The van der Waals surface area contributed by atoms with E-state index in [1.807, 2.05) is 36.4 Å². The summed E-state index contributed by atoms with van der Waals surface area (Å²) < 4.78 is 28.8. The van der Waals surface area contributed by atoms with Gasteiger partial charge in [-0.1, -0.05) is 79.9 Å². The van der Waals surface area contributed by atoms with Gasteiger partial charge < -0.3 is 0 Å². The average molecular weight is 374 g/mol. The molecule has 1 saturated carbocycles. The van der Waals surface area contributed by atoms with Crippen LogP contribution < -0.4 is 5.14 Å². The second-order valence-electron chi connectivity index (χ2n) is 7.14. The molecule has 2 N–H and O–H groups in total. The first-order valence-corrected chi connectivity index (χ1v) is 10.8. The number of hydrogen-bond acceptors (Lipinski definition) is 3. The van der Waals surface area contributed by atoms with Crippen LogP contribution in [-0.2, 0) is 14.5 Å². The van der Waals surface area contributed by atoms with Crippen LogP contribution in [0.5, 0.6) is 0 Å². The number of benzene rings is 2. The Morgan fingerprint density at radius 3 is 1.85 bits per heavy atom. The van der Waals surface area contributed by atoms with E-state index in [4.69, 9.17) is 9.32 Å². The van der Waals surface area contributed by atoms with Crippen LogP contribution in [-0.4, -0.2) is 14.5 Å². The Bertz CT molecular complexity index is 732. The van der Waals surface area contributed by atoms with Crippen LogP contribution in [0, 0.1) is 5.92 Å². The van der Waals surface area contributed by atoms with E-state index < -0.39 is 16.4 Å². The molecular weight excluding hydrogens is 346 g/mol. The summed E-state index contributed by atoms with van der Waals surface area (Å²) in [4.78, 5) is 0. The van der Waals surface area contributed by atoms with E-state index >= 15 is 0 Å². The molecule has 26 heavy (non-hydrogen) atoms. The van der Waals surface area contributed by atoms with Crippen molar-refractivity contribution in [2.75, 3.05) is 0 Å². The fraction of sp³-hybridized carbons (Fsp3) is 0.429. The zero-order chi connectivity index (χ0) is 18.4. The SMILES string of the molecule is NS(=O)(=O)OC(CC(c1ccccc1)c1ccccc1)C1CCCCC1. The molecule has 1 aliphatic carbocycles. The number of nitrogens with two attached hydrogens (primary N) is 1. The molecule has 2 aromatic carbocycles. The van der Waals surface area contributed by atoms with Gasteiger partial charge in [0.25, 0.3) is 0 Å². The third-order valence-corrected chi connectivity index (χ3v) is 5.82. The largest absolute Gasteiger partial charge is 0.333 e. The van der Waals surface area contributed by atoms with Crippen molar-refractivity contribution in [2.24, 2.45) is 11.1 Å². The Hall–Kier alpha value is -1.69. The summed E-state index contributed by atoms with van der Waals surface area (Å²) in [6, 6.07) is 20.4. The molecular formula is C21H27NO3S. The van der Waals surface area contributed by atoms with E-state index in [0.29, 0.717) is 6.42 Å². The average Bonchev–Trinajstić information content (AvgIpc) is 2.66. The van der Waals surface area contributed by atoms with Crippen molar-refractivity contribution in [2.45, 2.75) is 50.5 Å². The Labute approximate surface area is 156 Å². The summed E-state index contributed by atoms with van der Waals surface area (Å²) in [7, 11) is -3.98. The number of hydrogen-bond donors (Lipinski definition) is 1. The Morgan fingerprint density at radius 2 is 1.38 bits per heavy atom. The zero-order valence-electron chi connectivity index (χ0n) is 15.0. The first kappa shape index (κ1) is 19.1. The molecule has 0 aliphatic heterocycles. The lowest BCUT2D eigenvalue weighted by molar-refractivity contribution is 0.102. The fourth-order valence-corrected chi connectivity index (χ4v) is 4.64. The fourth-order valence-electron chi connectivity index (χ4n) is 4.06. The molecule has 0 bridgehead atoms. The van der Waals surface area contributed by atoms with Gasteiger partial charge in [0, 0.05) is 5.92 Å². The van der Waals surface area contributed by atoms with Crippen molar-refractivity contribution < 1.29 is 12.6 Å². The minimum absolute atomic E-state index is 0.0751. The quantitative estimate of drug-likeness (QED) is 0.783. The molecule has 1 unspecified atom stereocenters. The Balaban J connectivity index is 1.90. The summed E-state index contributed by atoms with van der Waals surface area (Å²) >= 11 is 0. The molecule has 0 radical (unpaired) electrons. The Kier molecular flexibility index (Phi) is 6.46. The van der Waals surface area contributed by atoms with Gasteiger partial charge >= 0.3 is 10.3 Å². The maximum absolute atomic E-state index is 11.7. The lowest BCUT2D eigenvalue weighted by Gasteiger charge is -2.32.